The summed E-state index contributed by atoms with van der Waals surface area (Å²) in [5.74, 6) is -0.925. The maximum Gasteiger partial charge on any atom is 0.365 e. The van der Waals surface area contributed by atoms with Crippen molar-refractivity contribution in [1.29, 1.82) is 0 Å². The third kappa shape index (κ3) is 6.36. The second-order valence-corrected chi connectivity index (χ2v) is 2.23. The van der Waals surface area contributed by atoms with Gasteiger partial charge < -0.3 is 27.6 Å². The Balaban J connectivity index is 0. The van der Waals surface area contributed by atoms with Crippen LogP contribution in [0, 0.1) is 0 Å². The number of methoxy groups -OCH3 is 1. The Kier molecular flexibility index (Phi) is 8.84. The fourth-order valence-electron chi connectivity index (χ4n) is 0.671. The van der Waals surface area contributed by atoms with E-state index in [1.165, 1.54) is 7.11 Å². The van der Waals surface area contributed by atoms with E-state index in [1.807, 2.05) is 0 Å². The first kappa shape index (κ1) is 14.7. The van der Waals surface area contributed by atoms with E-state index in [0.29, 0.717) is 6.61 Å². The lowest BCUT2D eigenvalue weighted by Gasteiger charge is -2.04. The van der Waals surface area contributed by atoms with Crippen molar-refractivity contribution in [3.8, 4) is 0 Å². The average Bonchev–Trinajstić information content (AvgIpc) is 2.03. The summed E-state index contributed by atoms with van der Waals surface area (Å²) in [5.41, 5.74) is 3.46. The Morgan fingerprint density at radius 1 is 1.46 bits per heavy atom. The van der Waals surface area contributed by atoms with Crippen LogP contribution in [0.4, 0.5) is 0 Å². The Hall–Kier alpha value is -0.810. The number of carbonyl (C=O) groups excluding carboxylic acids is 2. The summed E-state index contributed by atoms with van der Waals surface area (Å²) < 4.78 is 9.00. The zero-order valence-corrected chi connectivity index (χ0v) is 8.47. The van der Waals surface area contributed by atoms with Crippen molar-refractivity contribution in [3.05, 3.63) is 0 Å². The molecule has 13 heavy (non-hydrogen) atoms. The monoisotopic (exact) mass is 211 g/mol. The van der Waals surface area contributed by atoms with Gasteiger partial charge in [-0.1, -0.05) is 0 Å². The maximum atomic E-state index is 10.8. The molecule has 0 aromatic heterocycles. The minimum atomic E-state index is -0.672. The van der Waals surface area contributed by atoms with Gasteiger partial charge in [-0.3, -0.25) is 4.79 Å². The molecule has 3 N–H and O–H groups in total. The van der Waals surface area contributed by atoms with Gasteiger partial charge in [0, 0.05) is 0 Å². The zero-order chi connectivity index (χ0) is 9.56. The van der Waals surface area contributed by atoms with E-state index in [2.05, 4.69) is 15.2 Å². The van der Waals surface area contributed by atoms with Crippen LogP contribution >= 0.6 is 0 Å². The summed E-state index contributed by atoms with van der Waals surface area (Å²) in [6.07, 6.45) is -0.0273. The molecule has 0 amide bonds. The van der Waals surface area contributed by atoms with Crippen LogP contribution in [-0.2, 0) is 19.1 Å². The summed E-state index contributed by atoms with van der Waals surface area (Å²) in [4.78, 5) is 21.6. The molecule has 0 fully saturated rings. The van der Waals surface area contributed by atoms with Crippen molar-refractivity contribution < 1.29 is 37.2 Å². The van der Waals surface area contributed by atoms with Gasteiger partial charge in [-0.05, 0) is 6.92 Å². The Morgan fingerprint density at radius 3 is 2.38 bits per heavy atom. The highest BCUT2D eigenvalue weighted by Crippen LogP contribution is 1.92. The number of hydrogen-bond acceptors (Lipinski definition) is 4. The third-order valence-corrected chi connectivity index (χ3v) is 1.25. The van der Waals surface area contributed by atoms with Crippen LogP contribution in [0.5, 0.6) is 0 Å². The van der Waals surface area contributed by atoms with E-state index in [9.17, 15) is 9.59 Å². The lowest BCUT2D eigenvalue weighted by molar-refractivity contribution is -0.407. The smallest absolute Gasteiger partial charge is 0.365 e. The molecule has 0 aliphatic carbocycles. The standard InChI is InChI=1S/C7H13NO4.ClH/c1-3-12-6(9)4-5(8)7(10)11-2;/h5H,3-4,8H2,1-2H3;1H. The molecular formula is C7H14ClNO4. The van der Waals surface area contributed by atoms with E-state index in [4.69, 9.17) is 0 Å². The highest BCUT2D eigenvalue weighted by atomic mass is 35.5. The summed E-state index contributed by atoms with van der Waals surface area (Å²) in [5, 5.41) is 0. The van der Waals surface area contributed by atoms with Gasteiger partial charge in [0.05, 0.1) is 13.7 Å². The first-order valence-electron chi connectivity index (χ1n) is 3.68. The van der Waals surface area contributed by atoms with E-state index >= 15 is 0 Å². The molecule has 6 heteroatoms. The topological polar surface area (TPSA) is 80.2 Å². The van der Waals surface area contributed by atoms with Crippen LogP contribution in [0.3, 0.4) is 0 Å². The Bertz CT molecular complexity index is 174. The van der Waals surface area contributed by atoms with E-state index in [0.717, 1.165) is 0 Å². The number of hydrogen-bond donors (Lipinski definition) is 1. The van der Waals surface area contributed by atoms with Gasteiger partial charge in [0.1, 0.15) is 6.42 Å². The van der Waals surface area contributed by atoms with Gasteiger partial charge >= 0.3 is 11.9 Å². The van der Waals surface area contributed by atoms with Crippen molar-refractivity contribution in [2.45, 2.75) is 19.4 Å². The van der Waals surface area contributed by atoms with Crippen molar-refractivity contribution in [2.24, 2.45) is 0 Å². The fourth-order valence-corrected chi connectivity index (χ4v) is 0.671. The number of halogens is 1. The molecule has 78 valence electrons. The molecule has 0 spiro atoms. The van der Waals surface area contributed by atoms with Crippen LogP contribution in [0.25, 0.3) is 0 Å². The number of ether oxygens (including phenoxy) is 2. The highest BCUT2D eigenvalue weighted by molar-refractivity contribution is 5.81. The molecule has 1 unspecified atom stereocenters. The van der Waals surface area contributed by atoms with Crippen molar-refractivity contribution in [2.75, 3.05) is 13.7 Å². The lowest BCUT2D eigenvalue weighted by Crippen LogP contribution is -3.00. The van der Waals surface area contributed by atoms with Gasteiger partial charge in [-0.15, -0.1) is 0 Å². The molecule has 0 aromatic carbocycles. The van der Waals surface area contributed by atoms with E-state index in [1.54, 1.807) is 6.92 Å². The third-order valence-electron chi connectivity index (χ3n) is 1.25. The number of quaternary nitrogens is 1. The molecule has 1 atom stereocenters. The molecule has 5 nitrogen and oxygen atoms in total. The van der Waals surface area contributed by atoms with Gasteiger partial charge in [0.15, 0.2) is 6.04 Å². The Morgan fingerprint density at radius 2 is 2.00 bits per heavy atom. The zero-order valence-electron chi connectivity index (χ0n) is 7.71. The second kappa shape index (κ2) is 7.82. The van der Waals surface area contributed by atoms with Crippen LogP contribution < -0.4 is 18.1 Å². The molecular weight excluding hydrogens is 198 g/mol. The molecule has 0 aliphatic rings. The molecule has 0 saturated heterocycles. The van der Waals surface area contributed by atoms with Gasteiger partial charge in [-0.2, -0.15) is 0 Å². The van der Waals surface area contributed by atoms with Crippen LogP contribution in [-0.4, -0.2) is 31.7 Å². The largest absolute Gasteiger partial charge is 1.00 e. The first-order valence-corrected chi connectivity index (χ1v) is 3.68. The van der Waals surface area contributed by atoms with Crippen molar-refractivity contribution in [1.82, 2.24) is 0 Å². The van der Waals surface area contributed by atoms with E-state index in [-0.39, 0.29) is 18.8 Å². The highest BCUT2D eigenvalue weighted by Gasteiger charge is 2.21. The number of esters is 2. The predicted molar refractivity (Wildman–Crippen MR) is 39.9 cm³/mol. The minimum Gasteiger partial charge on any atom is -1.00 e. The predicted octanol–water partition coefficient (Wildman–Crippen LogP) is -4.27. The average molecular weight is 212 g/mol. The number of rotatable bonds is 4. The molecule has 0 bridgehead atoms. The Labute approximate surface area is 83.0 Å². The summed E-state index contributed by atoms with van der Waals surface area (Å²) in [6.45, 7) is 2.01. The van der Waals surface area contributed by atoms with Crippen molar-refractivity contribution in [3.63, 3.8) is 0 Å². The summed E-state index contributed by atoms with van der Waals surface area (Å²) in [7, 11) is 1.26. The maximum absolute atomic E-state index is 10.8. The van der Waals surface area contributed by atoms with Crippen LogP contribution in [0.15, 0.2) is 0 Å². The van der Waals surface area contributed by atoms with Gasteiger partial charge in [0.2, 0.25) is 0 Å². The van der Waals surface area contributed by atoms with Crippen LogP contribution in [0.1, 0.15) is 13.3 Å². The quantitative estimate of drug-likeness (QED) is 0.478. The molecule has 0 saturated carbocycles. The summed E-state index contributed by atoms with van der Waals surface area (Å²) in [6, 6.07) is -0.672. The molecule has 0 aliphatic heterocycles. The van der Waals surface area contributed by atoms with Crippen molar-refractivity contribution >= 4 is 11.9 Å². The lowest BCUT2D eigenvalue weighted by atomic mass is 10.2. The molecule has 0 heterocycles. The number of carbonyl (C=O) groups is 2. The molecule has 0 radical (unpaired) electrons. The second-order valence-electron chi connectivity index (χ2n) is 2.23. The fraction of sp³-hybridized carbons (Fsp3) is 0.714. The van der Waals surface area contributed by atoms with Gasteiger partial charge in [-0.25, -0.2) is 4.79 Å². The first-order chi connectivity index (χ1) is 5.61. The molecule has 0 rings (SSSR count). The molecule has 0 aromatic rings. The normalized spacial score (nSPS) is 11.0. The minimum absolute atomic E-state index is 0. The SMILES string of the molecule is CCOC(=O)CC([NH3+])C(=O)OC.[Cl-]. The summed E-state index contributed by atoms with van der Waals surface area (Å²) >= 11 is 0. The van der Waals surface area contributed by atoms with Crippen LogP contribution in [0.2, 0.25) is 0 Å². The van der Waals surface area contributed by atoms with E-state index < -0.39 is 18.0 Å². The van der Waals surface area contributed by atoms with Gasteiger partial charge in [0.25, 0.3) is 0 Å².